The van der Waals surface area contributed by atoms with Gasteiger partial charge in [0, 0.05) is 31.2 Å². The molecule has 5 rings (SSSR count). The molecular formula is C27H43N5O4. The number of urea groups is 1. The first-order chi connectivity index (χ1) is 17.4. The minimum absolute atomic E-state index is 0.00941. The molecule has 3 aliphatic heterocycles. The van der Waals surface area contributed by atoms with Crippen LogP contribution in [0.5, 0.6) is 5.75 Å². The predicted octanol–water partition coefficient (Wildman–Crippen LogP) is 2.55. The van der Waals surface area contributed by atoms with Gasteiger partial charge in [-0.1, -0.05) is 37.5 Å². The number of primary amides is 1. The van der Waals surface area contributed by atoms with Crippen LogP contribution in [0.4, 0.5) is 4.79 Å². The Balaban J connectivity index is 0.000000229. The van der Waals surface area contributed by atoms with E-state index in [1.807, 2.05) is 17.0 Å². The topological polar surface area (TPSA) is 131 Å². The lowest BCUT2D eigenvalue weighted by Gasteiger charge is -2.37. The van der Waals surface area contributed by atoms with Crippen LogP contribution in [0.3, 0.4) is 0 Å². The van der Waals surface area contributed by atoms with Gasteiger partial charge in [0.05, 0.1) is 6.61 Å². The molecule has 0 spiro atoms. The number of benzene rings is 1. The average molecular weight is 502 g/mol. The Kier molecular flexibility index (Phi) is 10.8. The third-order valence-corrected chi connectivity index (χ3v) is 7.55. The Morgan fingerprint density at radius 2 is 1.81 bits per heavy atom. The van der Waals surface area contributed by atoms with Crippen LogP contribution in [-0.4, -0.2) is 72.0 Å². The van der Waals surface area contributed by atoms with Gasteiger partial charge in [-0.05, 0) is 63.5 Å². The third kappa shape index (κ3) is 7.59. The molecule has 0 bridgehead atoms. The Labute approximate surface area is 214 Å². The zero-order valence-electron chi connectivity index (χ0n) is 21.6. The fourth-order valence-corrected chi connectivity index (χ4v) is 5.65. The lowest BCUT2D eigenvalue weighted by molar-refractivity contribution is -0.136. The summed E-state index contributed by atoms with van der Waals surface area (Å²) >= 11 is 0. The summed E-state index contributed by atoms with van der Waals surface area (Å²) in [5.41, 5.74) is 11.6. The molecule has 4 amide bonds. The van der Waals surface area contributed by atoms with Gasteiger partial charge in [0.2, 0.25) is 12.3 Å². The van der Waals surface area contributed by atoms with E-state index in [0.29, 0.717) is 13.1 Å². The molecule has 0 radical (unpaired) electrons. The van der Waals surface area contributed by atoms with Gasteiger partial charge >= 0.3 is 6.03 Å². The molecule has 1 aliphatic carbocycles. The second-order valence-corrected chi connectivity index (χ2v) is 10.1. The number of nitrogens with two attached hydrogens (primary N) is 2. The van der Waals surface area contributed by atoms with Crippen molar-refractivity contribution in [2.24, 2.45) is 11.5 Å². The molecule has 1 aromatic carbocycles. The Bertz CT molecular complexity index is 835. The standard InChI is InChI=1S/C17H30N4O2.C9H10O.CH3NO/c1-12-7-8-14-9-10-20(11-15(18)16(22)21(12)14)17(23)19-13-5-3-2-4-6-13;1-2-6-9-8(4-1)5-3-7-10-9;2-1-3/h12-15H,2-11,18H2,1H3,(H,19,23);1-2,4,6H,3,5,7H2;1H,(H2,2,3)/t12?,14-,15?;;/m1../s1. The molecule has 2 saturated heterocycles. The van der Waals surface area contributed by atoms with Gasteiger partial charge < -0.3 is 31.3 Å². The fourth-order valence-electron chi connectivity index (χ4n) is 5.65. The Morgan fingerprint density at radius 1 is 1.08 bits per heavy atom. The summed E-state index contributed by atoms with van der Waals surface area (Å²) in [6.07, 6.45) is 11.3. The highest BCUT2D eigenvalue weighted by Crippen LogP contribution is 2.28. The summed E-state index contributed by atoms with van der Waals surface area (Å²) in [4.78, 5) is 37.5. The van der Waals surface area contributed by atoms with Gasteiger partial charge in [-0.25, -0.2) is 4.79 Å². The van der Waals surface area contributed by atoms with E-state index in [1.54, 1.807) is 4.90 Å². The minimum Gasteiger partial charge on any atom is -0.493 e. The van der Waals surface area contributed by atoms with Crippen LogP contribution >= 0.6 is 0 Å². The van der Waals surface area contributed by atoms with Crippen molar-refractivity contribution in [1.82, 2.24) is 15.1 Å². The molecule has 9 nitrogen and oxygen atoms in total. The SMILES string of the molecule is CC1CC[C@@H]2CCN(C(=O)NC3CCCCC3)CC(N)C(=O)N12.NC=O.c1ccc2c(c1)CCCO2. The lowest BCUT2D eigenvalue weighted by atomic mass is 9.96. The number of fused-ring (bicyclic) bond motifs is 2. The van der Waals surface area contributed by atoms with Crippen LogP contribution in [0.15, 0.2) is 24.3 Å². The van der Waals surface area contributed by atoms with Crippen LogP contribution in [-0.2, 0) is 16.0 Å². The van der Waals surface area contributed by atoms with Crippen LogP contribution in [0.1, 0.15) is 70.3 Å². The first-order valence-electron chi connectivity index (χ1n) is 13.4. The predicted molar refractivity (Wildman–Crippen MR) is 139 cm³/mol. The molecule has 3 atom stereocenters. The lowest BCUT2D eigenvalue weighted by Crippen LogP contribution is -2.58. The summed E-state index contributed by atoms with van der Waals surface area (Å²) in [6, 6.07) is 8.42. The number of rotatable bonds is 1. The summed E-state index contributed by atoms with van der Waals surface area (Å²) in [6.45, 7) is 4.00. The van der Waals surface area contributed by atoms with E-state index in [-0.39, 0.29) is 36.5 Å². The number of amides is 4. The van der Waals surface area contributed by atoms with Gasteiger partial charge in [0.15, 0.2) is 0 Å². The number of para-hydroxylation sites is 1. The van der Waals surface area contributed by atoms with Gasteiger partial charge in [-0.15, -0.1) is 0 Å². The summed E-state index contributed by atoms with van der Waals surface area (Å²) in [5, 5.41) is 3.15. The van der Waals surface area contributed by atoms with E-state index in [1.165, 1.54) is 31.2 Å². The smallest absolute Gasteiger partial charge is 0.317 e. The molecule has 200 valence electrons. The maximum Gasteiger partial charge on any atom is 0.317 e. The second-order valence-electron chi connectivity index (χ2n) is 10.1. The van der Waals surface area contributed by atoms with E-state index in [9.17, 15) is 9.59 Å². The minimum atomic E-state index is -0.601. The third-order valence-electron chi connectivity index (χ3n) is 7.55. The highest BCUT2D eigenvalue weighted by Gasteiger charge is 2.39. The van der Waals surface area contributed by atoms with Crippen molar-refractivity contribution in [3.63, 3.8) is 0 Å². The normalized spacial score (nSPS) is 25.8. The number of carbonyl (C=O) groups excluding carboxylic acids is 3. The van der Waals surface area contributed by atoms with Crippen molar-refractivity contribution in [3.8, 4) is 5.75 Å². The van der Waals surface area contributed by atoms with Gasteiger partial charge in [-0.2, -0.15) is 0 Å². The van der Waals surface area contributed by atoms with Crippen molar-refractivity contribution in [2.75, 3.05) is 19.7 Å². The van der Waals surface area contributed by atoms with Crippen molar-refractivity contribution < 1.29 is 19.1 Å². The first-order valence-corrected chi connectivity index (χ1v) is 13.4. The first kappa shape index (κ1) is 27.8. The van der Waals surface area contributed by atoms with Gasteiger partial charge in [-0.3, -0.25) is 9.59 Å². The molecular weight excluding hydrogens is 458 g/mol. The summed E-state index contributed by atoms with van der Waals surface area (Å²) in [7, 11) is 0. The summed E-state index contributed by atoms with van der Waals surface area (Å²) in [5.74, 6) is 1.09. The van der Waals surface area contributed by atoms with Crippen LogP contribution in [0.25, 0.3) is 0 Å². The van der Waals surface area contributed by atoms with Crippen molar-refractivity contribution in [3.05, 3.63) is 29.8 Å². The maximum absolute atomic E-state index is 12.6. The second kappa shape index (κ2) is 14.1. The molecule has 2 unspecified atom stereocenters. The van der Waals surface area contributed by atoms with Gasteiger partial charge in [0.25, 0.3) is 0 Å². The molecule has 1 aromatic rings. The van der Waals surface area contributed by atoms with E-state index in [0.717, 1.165) is 50.9 Å². The Hall–Kier alpha value is -2.81. The van der Waals surface area contributed by atoms with E-state index in [2.05, 4.69) is 30.1 Å². The fraction of sp³-hybridized carbons (Fsp3) is 0.667. The zero-order valence-corrected chi connectivity index (χ0v) is 21.6. The molecule has 4 aliphatic rings. The number of hydrogen-bond acceptors (Lipinski definition) is 5. The highest BCUT2D eigenvalue weighted by atomic mass is 16.5. The quantitative estimate of drug-likeness (QED) is 0.509. The van der Waals surface area contributed by atoms with E-state index in [4.69, 9.17) is 15.3 Å². The average Bonchev–Trinajstić information content (AvgIpc) is 3.26. The molecule has 3 fully saturated rings. The summed E-state index contributed by atoms with van der Waals surface area (Å²) < 4.78 is 5.42. The molecule has 0 aromatic heterocycles. The number of carbonyl (C=O) groups is 3. The highest BCUT2D eigenvalue weighted by molar-refractivity contribution is 5.84. The van der Waals surface area contributed by atoms with Crippen LogP contribution in [0, 0.1) is 0 Å². The Morgan fingerprint density at radius 3 is 2.53 bits per heavy atom. The van der Waals surface area contributed by atoms with Crippen LogP contribution in [0.2, 0.25) is 0 Å². The molecule has 3 heterocycles. The number of ether oxygens (including phenoxy) is 1. The number of hydrogen-bond donors (Lipinski definition) is 3. The van der Waals surface area contributed by atoms with Crippen molar-refractivity contribution >= 4 is 18.3 Å². The van der Waals surface area contributed by atoms with E-state index < -0.39 is 6.04 Å². The zero-order chi connectivity index (χ0) is 25.9. The number of nitrogens with zero attached hydrogens (tertiary/aromatic N) is 2. The molecule has 9 heteroatoms. The van der Waals surface area contributed by atoms with Crippen molar-refractivity contribution in [2.45, 2.75) is 95.3 Å². The van der Waals surface area contributed by atoms with Gasteiger partial charge in [0.1, 0.15) is 11.8 Å². The van der Waals surface area contributed by atoms with Crippen LogP contribution < -0.4 is 21.5 Å². The van der Waals surface area contributed by atoms with E-state index >= 15 is 0 Å². The number of aryl methyl sites for hydroxylation is 1. The molecule has 36 heavy (non-hydrogen) atoms. The largest absolute Gasteiger partial charge is 0.493 e. The molecule has 5 N–H and O–H groups in total. The van der Waals surface area contributed by atoms with Crippen molar-refractivity contribution in [1.29, 1.82) is 0 Å². The number of nitrogens with one attached hydrogen (secondary N) is 1. The molecule has 1 saturated carbocycles. The maximum atomic E-state index is 12.6. The monoisotopic (exact) mass is 501 g/mol.